The van der Waals surface area contributed by atoms with Crippen LogP contribution in [0.15, 0.2) is 53.1 Å². The molecule has 1 aliphatic carbocycles. The summed E-state index contributed by atoms with van der Waals surface area (Å²) in [6, 6.07) is 13.9. The van der Waals surface area contributed by atoms with Crippen molar-refractivity contribution in [3.8, 4) is 5.88 Å². The number of rotatable bonds is 3. The second-order valence-electron chi connectivity index (χ2n) is 7.45. The Hall–Kier alpha value is -3.02. The first-order valence-electron chi connectivity index (χ1n) is 9.87. The molecule has 1 aromatic carbocycles. The minimum atomic E-state index is -0.201. The largest absolute Gasteiger partial charge is 0.472 e. The zero-order valence-electron chi connectivity index (χ0n) is 15.8. The van der Waals surface area contributed by atoms with Crippen molar-refractivity contribution in [2.45, 2.75) is 37.8 Å². The zero-order chi connectivity index (χ0) is 19.1. The molecule has 0 spiro atoms. The molecule has 2 bridgehead atoms. The molecule has 2 aliphatic rings. The van der Waals surface area contributed by atoms with Gasteiger partial charge in [-0.3, -0.25) is 0 Å². The van der Waals surface area contributed by atoms with E-state index in [2.05, 4.69) is 16.4 Å². The predicted molar refractivity (Wildman–Crippen MR) is 105 cm³/mol. The Labute approximate surface area is 163 Å². The molecule has 0 saturated carbocycles. The number of amides is 2. The maximum Gasteiger partial charge on any atom is 0.317 e. The van der Waals surface area contributed by atoms with Crippen LogP contribution in [0.5, 0.6) is 5.88 Å². The van der Waals surface area contributed by atoms with Gasteiger partial charge in [0.25, 0.3) is 0 Å². The Morgan fingerprint density at radius 2 is 2.14 bits per heavy atom. The first-order chi connectivity index (χ1) is 13.7. The van der Waals surface area contributed by atoms with Crippen LogP contribution in [-0.4, -0.2) is 41.2 Å². The highest BCUT2D eigenvalue weighted by Gasteiger charge is 2.46. The first kappa shape index (κ1) is 17.1. The number of furan rings is 1. The summed E-state index contributed by atoms with van der Waals surface area (Å²) in [7, 11) is 0. The van der Waals surface area contributed by atoms with E-state index in [1.54, 1.807) is 6.20 Å². The topological polar surface area (TPSA) is 67.6 Å². The third-order valence-corrected chi connectivity index (χ3v) is 5.80. The van der Waals surface area contributed by atoms with Crippen LogP contribution in [0.4, 0.5) is 4.79 Å². The molecule has 2 aromatic heterocycles. The normalized spacial score (nSPS) is 23.3. The van der Waals surface area contributed by atoms with Gasteiger partial charge in [0.2, 0.25) is 5.88 Å². The van der Waals surface area contributed by atoms with Crippen molar-refractivity contribution in [1.29, 1.82) is 0 Å². The van der Waals surface area contributed by atoms with Crippen molar-refractivity contribution >= 4 is 17.0 Å². The van der Waals surface area contributed by atoms with E-state index in [9.17, 15) is 4.79 Å². The number of nitrogens with one attached hydrogen (secondary N) is 1. The number of carbonyl (C=O) groups is 1. The molecule has 1 N–H and O–H groups in total. The molecule has 2 amide bonds. The number of hydrogen-bond donors (Lipinski definition) is 1. The second kappa shape index (κ2) is 6.86. The van der Waals surface area contributed by atoms with E-state index < -0.39 is 0 Å². The molecule has 6 heteroatoms. The van der Waals surface area contributed by atoms with Crippen LogP contribution < -0.4 is 10.1 Å². The Kier molecular flexibility index (Phi) is 4.19. The maximum atomic E-state index is 12.7. The summed E-state index contributed by atoms with van der Waals surface area (Å²) in [6.07, 6.45) is 3.17. The summed E-state index contributed by atoms with van der Waals surface area (Å²) in [5.41, 5.74) is 2.11. The average Bonchev–Trinajstić information content (AvgIpc) is 3.09. The molecule has 144 valence electrons. The van der Waals surface area contributed by atoms with Crippen LogP contribution >= 0.6 is 0 Å². The number of nitrogens with zero attached hydrogens (tertiary/aromatic N) is 2. The van der Waals surface area contributed by atoms with Gasteiger partial charge >= 0.3 is 6.03 Å². The summed E-state index contributed by atoms with van der Waals surface area (Å²) in [5, 5.41) is 4.09. The van der Waals surface area contributed by atoms with Crippen molar-refractivity contribution in [3.63, 3.8) is 0 Å². The zero-order valence-corrected chi connectivity index (χ0v) is 15.8. The molecular formula is C22H23N3O3. The van der Waals surface area contributed by atoms with Crippen LogP contribution in [0.2, 0.25) is 0 Å². The Bertz CT molecular complexity index is 1000. The van der Waals surface area contributed by atoms with Crippen LogP contribution in [0, 0.1) is 0 Å². The minimum Gasteiger partial charge on any atom is -0.472 e. The number of carbonyl (C=O) groups excluding carboxylic acids is 1. The summed E-state index contributed by atoms with van der Waals surface area (Å²) < 4.78 is 12.5. The first-order valence-corrected chi connectivity index (χ1v) is 9.87. The Balaban J connectivity index is 1.56. The highest BCUT2D eigenvalue weighted by atomic mass is 16.5. The Morgan fingerprint density at radius 3 is 2.96 bits per heavy atom. The van der Waals surface area contributed by atoms with Gasteiger partial charge in [0.15, 0.2) is 0 Å². The number of pyridine rings is 1. The van der Waals surface area contributed by atoms with Crippen molar-refractivity contribution in [3.05, 3.63) is 60.0 Å². The fourth-order valence-electron chi connectivity index (χ4n) is 4.57. The molecule has 5 rings (SSSR count). The second-order valence-corrected chi connectivity index (χ2v) is 7.45. The lowest BCUT2D eigenvalue weighted by molar-refractivity contribution is 0.0360. The van der Waals surface area contributed by atoms with Crippen molar-refractivity contribution in [1.82, 2.24) is 15.2 Å². The van der Waals surface area contributed by atoms with Crippen LogP contribution in [0.1, 0.15) is 30.6 Å². The number of fused-ring (bicyclic) bond motifs is 6. The van der Waals surface area contributed by atoms with E-state index >= 15 is 0 Å². The quantitative estimate of drug-likeness (QED) is 0.755. The smallest absolute Gasteiger partial charge is 0.317 e. The van der Waals surface area contributed by atoms with Gasteiger partial charge in [0.05, 0.1) is 12.5 Å². The lowest BCUT2D eigenvalue weighted by Gasteiger charge is -2.45. The molecule has 1 fully saturated rings. The molecule has 0 unspecified atom stereocenters. The van der Waals surface area contributed by atoms with Gasteiger partial charge in [-0.15, -0.1) is 0 Å². The van der Waals surface area contributed by atoms with Crippen molar-refractivity contribution in [2.75, 3.05) is 13.1 Å². The lowest BCUT2D eigenvalue weighted by atomic mass is 9.77. The van der Waals surface area contributed by atoms with E-state index in [0.29, 0.717) is 19.0 Å². The van der Waals surface area contributed by atoms with E-state index in [4.69, 9.17) is 9.15 Å². The lowest BCUT2D eigenvalue weighted by Crippen LogP contribution is -2.58. The highest BCUT2D eigenvalue weighted by molar-refractivity contribution is 5.83. The molecule has 3 aromatic rings. The monoisotopic (exact) mass is 377 g/mol. The molecule has 3 heterocycles. The summed E-state index contributed by atoms with van der Waals surface area (Å²) in [6.45, 7) is 3.07. The molecule has 1 saturated heterocycles. The predicted octanol–water partition coefficient (Wildman–Crippen LogP) is 3.72. The molecule has 1 aliphatic heterocycles. The van der Waals surface area contributed by atoms with Gasteiger partial charge in [-0.25, -0.2) is 9.78 Å². The number of aromatic nitrogens is 1. The van der Waals surface area contributed by atoms with Crippen molar-refractivity contribution in [2.24, 2.45) is 0 Å². The van der Waals surface area contributed by atoms with Gasteiger partial charge in [0, 0.05) is 35.8 Å². The third kappa shape index (κ3) is 2.80. The molecule has 6 nitrogen and oxygen atoms in total. The third-order valence-electron chi connectivity index (χ3n) is 5.80. The number of piperidine rings is 1. The SMILES string of the molecule is CCNC(=O)N1C[C@H](Oc2ccccn2)[C@H]2C[C@@H]1Cc1c2oc2ccccc12. The van der Waals surface area contributed by atoms with Crippen LogP contribution in [0.25, 0.3) is 11.0 Å². The number of urea groups is 1. The fourth-order valence-corrected chi connectivity index (χ4v) is 4.57. The van der Waals surface area contributed by atoms with E-state index in [-0.39, 0.29) is 24.1 Å². The number of benzene rings is 1. The average molecular weight is 377 g/mol. The number of hydrogen-bond acceptors (Lipinski definition) is 4. The van der Waals surface area contributed by atoms with Crippen LogP contribution in [-0.2, 0) is 6.42 Å². The number of para-hydroxylation sites is 1. The van der Waals surface area contributed by atoms with E-state index in [1.807, 2.05) is 48.2 Å². The molecular weight excluding hydrogens is 354 g/mol. The number of likely N-dealkylation sites (tertiary alicyclic amines) is 1. The fraction of sp³-hybridized carbons (Fsp3) is 0.364. The van der Waals surface area contributed by atoms with E-state index in [0.717, 1.165) is 29.6 Å². The van der Waals surface area contributed by atoms with Gasteiger partial charge in [-0.2, -0.15) is 0 Å². The minimum absolute atomic E-state index is 0.0307. The van der Waals surface area contributed by atoms with Gasteiger partial charge < -0.3 is 19.4 Å². The van der Waals surface area contributed by atoms with Gasteiger partial charge in [-0.1, -0.05) is 24.3 Å². The van der Waals surface area contributed by atoms with Crippen molar-refractivity contribution < 1.29 is 13.9 Å². The van der Waals surface area contributed by atoms with Gasteiger partial charge in [-0.05, 0) is 31.9 Å². The standard InChI is InChI=1S/C22H23N3O3/c1-2-23-22(26)25-13-19(27-20-9-5-6-10-24-20)17-12-14(25)11-16-15-7-3-4-8-18(15)28-21(16)17/h3-10,14,17,19H,2,11-13H2,1H3,(H,23,26)/t14-,17+,19-/m0/s1. The molecule has 28 heavy (non-hydrogen) atoms. The highest BCUT2D eigenvalue weighted by Crippen LogP contribution is 2.45. The number of ether oxygens (including phenoxy) is 1. The summed E-state index contributed by atoms with van der Waals surface area (Å²) in [4.78, 5) is 19.0. The molecule has 3 atom stereocenters. The summed E-state index contributed by atoms with van der Waals surface area (Å²) in [5.74, 6) is 1.69. The van der Waals surface area contributed by atoms with Crippen LogP contribution in [0.3, 0.4) is 0 Å². The Morgan fingerprint density at radius 1 is 1.29 bits per heavy atom. The van der Waals surface area contributed by atoms with E-state index in [1.165, 1.54) is 5.56 Å². The summed E-state index contributed by atoms with van der Waals surface area (Å²) >= 11 is 0. The maximum absolute atomic E-state index is 12.7. The van der Waals surface area contributed by atoms with Gasteiger partial charge in [0.1, 0.15) is 17.4 Å². The molecule has 0 radical (unpaired) electrons.